The summed E-state index contributed by atoms with van der Waals surface area (Å²) < 4.78 is 0.906. The number of carbonyl (C=O) groups excluding carboxylic acids is 1. The van der Waals surface area contributed by atoms with Gasteiger partial charge in [-0.05, 0) is 6.08 Å². The van der Waals surface area contributed by atoms with Crippen LogP contribution < -0.4 is 5.73 Å². The van der Waals surface area contributed by atoms with Gasteiger partial charge >= 0.3 is 0 Å². The molecule has 0 aromatic rings. The first kappa shape index (κ1) is 10.2. The molecule has 0 aromatic heterocycles. The van der Waals surface area contributed by atoms with Crippen molar-refractivity contribution in [1.82, 2.24) is 0 Å². The summed E-state index contributed by atoms with van der Waals surface area (Å²) in [5, 5.41) is 0. The van der Waals surface area contributed by atoms with E-state index in [1.54, 1.807) is 0 Å². The third kappa shape index (κ3) is 9.17. The molecule has 0 atom stereocenters. The van der Waals surface area contributed by atoms with Crippen LogP contribution in [0, 0.1) is 0 Å². The summed E-state index contributed by atoms with van der Waals surface area (Å²) in [6, 6.07) is 0. The molecule has 0 bridgehead atoms. The Kier molecular flexibility index (Phi) is 3.82. The zero-order chi connectivity index (χ0) is 8.91. The van der Waals surface area contributed by atoms with Crippen molar-refractivity contribution in [2.45, 2.75) is 6.42 Å². The molecule has 64 valence electrons. The third-order valence-electron chi connectivity index (χ3n) is 1.25. The van der Waals surface area contributed by atoms with Gasteiger partial charge in [-0.3, -0.25) is 4.79 Å². The minimum atomic E-state index is -0.369. The van der Waals surface area contributed by atoms with Crippen LogP contribution in [0.4, 0.5) is 0 Å². The van der Waals surface area contributed by atoms with Crippen LogP contribution in [0.25, 0.3) is 0 Å². The molecule has 0 rings (SSSR count). The number of carbonyl (C=O) groups is 1. The monoisotopic (exact) mass is 157 g/mol. The zero-order valence-electron chi connectivity index (χ0n) is 7.50. The van der Waals surface area contributed by atoms with Crippen molar-refractivity contribution in [1.29, 1.82) is 0 Å². The van der Waals surface area contributed by atoms with Crippen LogP contribution in [0.15, 0.2) is 12.2 Å². The molecule has 1 amide bonds. The van der Waals surface area contributed by atoms with Crippen LogP contribution in [0.2, 0.25) is 0 Å². The number of quaternary nitrogens is 1. The van der Waals surface area contributed by atoms with Gasteiger partial charge in [0, 0.05) is 6.42 Å². The summed E-state index contributed by atoms with van der Waals surface area (Å²) in [4.78, 5) is 10.3. The molecule has 0 saturated carbocycles. The van der Waals surface area contributed by atoms with Crippen LogP contribution in [-0.4, -0.2) is 38.1 Å². The lowest BCUT2D eigenvalue weighted by Crippen LogP contribution is -2.34. The third-order valence-corrected chi connectivity index (χ3v) is 1.25. The molecular formula is C8H17N2O+. The summed E-state index contributed by atoms with van der Waals surface area (Å²) in [6.45, 7) is 1.02. The van der Waals surface area contributed by atoms with Crippen LogP contribution in [0.5, 0.6) is 0 Å². The maximum atomic E-state index is 10.3. The average Bonchev–Trinajstić information content (AvgIpc) is 1.78. The molecule has 11 heavy (non-hydrogen) atoms. The lowest BCUT2D eigenvalue weighted by Gasteiger charge is -2.22. The summed E-state index contributed by atoms with van der Waals surface area (Å²) in [7, 11) is 6.33. The van der Waals surface area contributed by atoms with E-state index in [4.69, 9.17) is 5.73 Å². The predicted molar refractivity (Wildman–Crippen MR) is 45.9 cm³/mol. The second-order valence-electron chi connectivity index (χ2n) is 3.61. The highest BCUT2D eigenvalue weighted by Crippen LogP contribution is 1.93. The Bertz CT molecular complexity index is 156. The van der Waals surface area contributed by atoms with Gasteiger partial charge in [0.2, 0.25) is 5.91 Å². The Morgan fingerprint density at radius 1 is 1.45 bits per heavy atom. The van der Waals surface area contributed by atoms with E-state index in [0.717, 1.165) is 17.4 Å². The largest absolute Gasteiger partial charge is 0.366 e. The molecular weight excluding hydrogens is 140 g/mol. The lowest BCUT2D eigenvalue weighted by molar-refractivity contribution is -0.869. The van der Waals surface area contributed by atoms with Gasteiger partial charge in [-0.25, -0.2) is 0 Å². The number of nitrogens with zero attached hydrogens (tertiary/aromatic N) is 1. The van der Waals surface area contributed by atoms with Crippen molar-refractivity contribution in [2.75, 3.05) is 27.7 Å². The van der Waals surface area contributed by atoms with Gasteiger partial charge in [0.15, 0.2) is 0 Å². The molecule has 0 aromatic carbocycles. The molecule has 0 saturated heterocycles. The van der Waals surface area contributed by atoms with Crippen molar-refractivity contribution < 1.29 is 9.28 Å². The maximum absolute atomic E-state index is 10.3. The van der Waals surface area contributed by atoms with Gasteiger partial charge in [-0.1, -0.05) is 6.08 Å². The highest BCUT2D eigenvalue weighted by molar-refractivity contribution is 5.85. The molecule has 0 aliphatic carbocycles. The Labute approximate surface area is 68.1 Å². The highest BCUT2D eigenvalue weighted by Gasteiger charge is 2.03. The summed E-state index contributed by atoms with van der Waals surface area (Å²) in [5.41, 5.74) is 4.91. The maximum Gasteiger partial charge on any atom is 0.241 e. The van der Waals surface area contributed by atoms with E-state index >= 15 is 0 Å². The molecule has 0 unspecified atom stereocenters. The number of hydrogen-bond donors (Lipinski definition) is 1. The first-order chi connectivity index (χ1) is 4.92. The smallest absolute Gasteiger partial charge is 0.241 e. The fourth-order valence-corrected chi connectivity index (χ4v) is 0.661. The van der Waals surface area contributed by atoms with Crippen molar-refractivity contribution in [3.8, 4) is 0 Å². The van der Waals surface area contributed by atoms with E-state index in [9.17, 15) is 4.79 Å². The minimum absolute atomic E-state index is 0.369. The molecule has 3 heteroatoms. The molecule has 0 aliphatic heterocycles. The van der Waals surface area contributed by atoms with Gasteiger partial charge in [0.05, 0.1) is 27.7 Å². The topological polar surface area (TPSA) is 43.1 Å². The normalized spacial score (nSPS) is 12.3. The van der Waals surface area contributed by atoms with Gasteiger partial charge in [-0.2, -0.15) is 0 Å². The second kappa shape index (κ2) is 4.13. The van der Waals surface area contributed by atoms with Crippen LogP contribution in [-0.2, 0) is 4.79 Å². The van der Waals surface area contributed by atoms with Crippen molar-refractivity contribution in [3.05, 3.63) is 12.2 Å². The van der Waals surface area contributed by atoms with Gasteiger partial charge in [0.1, 0.15) is 0 Å². The summed E-state index contributed by atoms with van der Waals surface area (Å²) in [6.07, 6.45) is 4.12. The van der Waals surface area contributed by atoms with E-state index in [1.807, 2.05) is 6.08 Å². The van der Waals surface area contributed by atoms with Crippen LogP contribution >= 0.6 is 0 Å². The van der Waals surface area contributed by atoms with E-state index in [0.29, 0.717) is 0 Å². The fraction of sp³-hybridized carbons (Fsp3) is 0.625. The fourth-order valence-electron chi connectivity index (χ4n) is 0.661. The number of hydrogen-bond acceptors (Lipinski definition) is 1. The van der Waals surface area contributed by atoms with E-state index in [-0.39, 0.29) is 5.91 Å². The van der Waals surface area contributed by atoms with E-state index in [2.05, 4.69) is 21.1 Å². The number of primary amides is 1. The molecule has 0 aliphatic rings. The van der Waals surface area contributed by atoms with Crippen molar-refractivity contribution >= 4 is 5.91 Å². The quantitative estimate of drug-likeness (QED) is 0.457. The molecule has 2 N–H and O–H groups in total. The Morgan fingerprint density at radius 2 is 2.00 bits per heavy atom. The number of rotatable bonds is 4. The van der Waals surface area contributed by atoms with Gasteiger partial charge in [0.25, 0.3) is 0 Å². The molecule has 0 heterocycles. The van der Waals surface area contributed by atoms with Crippen molar-refractivity contribution in [2.24, 2.45) is 5.73 Å². The standard InChI is InChI=1S/C8H16N2O/c1-10(2,3)7-5-4-6-8(9)11/h4,6H,5,7H2,1-3H3,(H-,9,11)/p+1. The minimum Gasteiger partial charge on any atom is -0.366 e. The first-order valence-corrected chi connectivity index (χ1v) is 3.68. The lowest BCUT2D eigenvalue weighted by atomic mass is 10.3. The van der Waals surface area contributed by atoms with Crippen molar-refractivity contribution in [3.63, 3.8) is 0 Å². The average molecular weight is 157 g/mol. The van der Waals surface area contributed by atoms with Gasteiger partial charge < -0.3 is 10.2 Å². The number of amides is 1. The highest BCUT2D eigenvalue weighted by atomic mass is 16.1. The van der Waals surface area contributed by atoms with Crippen LogP contribution in [0.1, 0.15) is 6.42 Å². The SMILES string of the molecule is C[N+](C)(C)CCC=CC(N)=O. The predicted octanol–water partition coefficient (Wildman–Crippen LogP) is 0.124. The van der Waals surface area contributed by atoms with Gasteiger partial charge in [-0.15, -0.1) is 0 Å². The van der Waals surface area contributed by atoms with Crippen LogP contribution in [0.3, 0.4) is 0 Å². The van der Waals surface area contributed by atoms with E-state index in [1.165, 1.54) is 6.08 Å². The number of nitrogens with two attached hydrogens (primary N) is 1. The summed E-state index contributed by atoms with van der Waals surface area (Å²) >= 11 is 0. The Hall–Kier alpha value is -0.830. The molecule has 3 nitrogen and oxygen atoms in total. The molecule has 0 fully saturated rings. The molecule has 0 radical (unpaired) electrons. The zero-order valence-corrected chi connectivity index (χ0v) is 7.50. The molecule has 0 spiro atoms. The first-order valence-electron chi connectivity index (χ1n) is 3.68. The Balaban J connectivity index is 3.50. The summed E-state index contributed by atoms with van der Waals surface area (Å²) in [5.74, 6) is -0.369. The second-order valence-corrected chi connectivity index (χ2v) is 3.61. The van der Waals surface area contributed by atoms with E-state index < -0.39 is 0 Å². The Morgan fingerprint density at radius 3 is 2.36 bits per heavy atom.